The number of aliphatic hydroxyl groups excluding tert-OH is 2. The first-order valence-electron chi connectivity index (χ1n) is 13.7. The fourth-order valence-electron chi connectivity index (χ4n) is 4.14. The number of hydrogen-bond acceptors (Lipinski definition) is 17. The Bertz CT molecular complexity index is 1600. The molecule has 12 N–H and O–H groups in total. The number of anilines is 1. The molecule has 2 aromatic rings. The van der Waals surface area contributed by atoms with E-state index < -0.39 is 78.6 Å². The Morgan fingerprint density at radius 2 is 1.74 bits per heavy atom. The summed E-state index contributed by atoms with van der Waals surface area (Å²) in [5.41, 5.74) is 4.30. The van der Waals surface area contributed by atoms with Gasteiger partial charge in [-0.3, -0.25) is 27.7 Å². The number of hydrogen-bond donors (Lipinski definition) is 10. The Labute approximate surface area is 311 Å². The molecule has 1 saturated heterocycles. The van der Waals surface area contributed by atoms with Crippen molar-refractivity contribution in [3.63, 3.8) is 0 Å². The van der Waals surface area contributed by atoms with Gasteiger partial charge >= 0.3 is 53.0 Å². The fraction of sp³-hybridized carbons (Fsp3) is 0.667. The van der Waals surface area contributed by atoms with Gasteiger partial charge in [0.2, 0.25) is 11.8 Å². The molecular weight excluding hydrogens is 770 g/mol. The molecule has 1 fully saturated rings. The van der Waals surface area contributed by atoms with Crippen LogP contribution < -0.4 is 45.9 Å². The maximum atomic E-state index is 12.6. The molecule has 0 radical (unpaired) electrons. The van der Waals surface area contributed by atoms with Crippen LogP contribution in [0.2, 0.25) is 0 Å². The number of aromatic nitrogens is 4. The van der Waals surface area contributed by atoms with E-state index in [-0.39, 0.29) is 70.9 Å². The van der Waals surface area contributed by atoms with E-state index in [9.17, 15) is 53.1 Å². The second-order valence-electron chi connectivity index (χ2n) is 10.8. The van der Waals surface area contributed by atoms with Crippen molar-refractivity contribution in [3.05, 3.63) is 12.7 Å². The maximum Gasteiger partial charge on any atom is 1.00 e. The van der Waals surface area contributed by atoms with Gasteiger partial charge in [0.05, 0.1) is 19.5 Å². The Kier molecular flexibility index (Phi) is 18.1. The van der Waals surface area contributed by atoms with Gasteiger partial charge < -0.3 is 56.4 Å². The average Bonchev–Trinajstić information content (AvgIpc) is 3.54. The third-order valence-corrected chi connectivity index (χ3v) is 9.83. The molecule has 0 aromatic carbocycles. The number of phosphoric acid groups is 3. The van der Waals surface area contributed by atoms with Crippen LogP contribution >= 0.6 is 36.1 Å². The summed E-state index contributed by atoms with van der Waals surface area (Å²) in [5, 5.41) is 26.1. The van der Waals surface area contributed by atoms with Gasteiger partial charge in [0.1, 0.15) is 36.3 Å². The van der Waals surface area contributed by atoms with E-state index in [4.69, 9.17) is 19.5 Å². The monoisotopic (exact) mass is 808 g/mol. The molecule has 0 aliphatic carbocycles. The second kappa shape index (κ2) is 19.3. The fourth-order valence-corrected chi connectivity index (χ4v) is 7.08. The summed E-state index contributed by atoms with van der Waals surface area (Å²) >= 11 is 3.95. The van der Waals surface area contributed by atoms with Gasteiger partial charge in [-0.1, -0.05) is 13.8 Å². The molecule has 24 nitrogen and oxygen atoms in total. The van der Waals surface area contributed by atoms with E-state index in [0.717, 1.165) is 17.2 Å². The van der Waals surface area contributed by atoms with Crippen LogP contribution in [-0.4, -0.2) is 123 Å². The van der Waals surface area contributed by atoms with E-state index in [1.165, 1.54) is 13.8 Å². The number of fused-ring (bicyclic) bond motifs is 1. The minimum absolute atomic E-state index is 0. The van der Waals surface area contributed by atoms with Crippen molar-refractivity contribution in [1.82, 2.24) is 30.2 Å². The van der Waals surface area contributed by atoms with Crippen LogP contribution in [-0.2, 0) is 45.9 Å². The van der Waals surface area contributed by atoms with E-state index >= 15 is 0 Å². The maximum absolute atomic E-state index is 12.6. The Hall–Kier alpha value is -1.15. The van der Waals surface area contributed by atoms with Crippen LogP contribution in [0.1, 0.15) is 26.5 Å². The van der Waals surface area contributed by atoms with Gasteiger partial charge in [-0.15, -0.1) is 0 Å². The summed E-state index contributed by atoms with van der Waals surface area (Å²) in [6.45, 7) is 0.723. The number of thiol groups is 1. The Morgan fingerprint density at radius 1 is 1.10 bits per heavy atom. The summed E-state index contributed by atoms with van der Waals surface area (Å²) in [6, 6.07) is 0. The summed E-state index contributed by atoms with van der Waals surface area (Å²) in [7, 11) is -16.3. The average molecular weight is 809 g/mol. The molecule has 1 aliphatic rings. The van der Waals surface area contributed by atoms with Crippen LogP contribution in [0.4, 0.5) is 5.82 Å². The molecule has 3 unspecified atom stereocenters. The van der Waals surface area contributed by atoms with Crippen molar-refractivity contribution < 1.29 is 111 Å². The smallest absolute Gasteiger partial charge is 0.412 e. The number of nitrogens with two attached hydrogens (primary N) is 1. The zero-order valence-corrected chi connectivity index (χ0v) is 32.3. The van der Waals surface area contributed by atoms with Gasteiger partial charge in [0.25, 0.3) is 0 Å². The summed E-state index contributed by atoms with van der Waals surface area (Å²) < 4.78 is 61.7. The van der Waals surface area contributed by atoms with Crippen molar-refractivity contribution in [2.45, 2.75) is 50.9 Å². The van der Waals surface area contributed by atoms with Crippen molar-refractivity contribution in [2.75, 3.05) is 37.8 Å². The molecule has 2 amide bonds. The second-order valence-corrected chi connectivity index (χ2v) is 15.5. The van der Waals surface area contributed by atoms with Gasteiger partial charge in [0, 0.05) is 30.7 Å². The zero-order chi connectivity index (χ0) is 36.1. The summed E-state index contributed by atoms with van der Waals surface area (Å²) in [6.07, 6.45) is -6.74. The van der Waals surface area contributed by atoms with E-state index in [1.807, 2.05) is 0 Å². The first-order chi connectivity index (χ1) is 22.2. The topological polar surface area (TPSA) is 378 Å². The molecule has 280 valence electrons. The molecule has 2 aromatic heterocycles. The minimum atomic E-state index is -5.54. The summed E-state index contributed by atoms with van der Waals surface area (Å²) in [4.78, 5) is 74.6. The predicted molar refractivity (Wildman–Crippen MR) is 167 cm³/mol. The predicted octanol–water partition coefficient (Wildman–Crippen LogP) is -5.49. The van der Waals surface area contributed by atoms with Gasteiger partial charge in [0.15, 0.2) is 17.7 Å². The van der Waals surface area contributed by atoms with Crippen LogP contribution in [0.3, 0.4) is 0 Å². The largest absolute Gasteiger partial charge is 1.00 e. The third-order valence-electron chi connectivity index (χ3n) is 6.51. The molecule has 0 saturated carbocycles. The quantitative estimate of drug-likeness (QED) is 0.0381. The number of nitrogens with one attached hydrogen (secondary N) is 2. The molecule has 0 spiro atoms. The normalized spacial score (nSPS) is 22.4. The number of nitrogen functional groups attached to an aromatic ring is 1. The number of imidazole rings is 1. The standard InChI is InChI=1S/C21H36N7O16P3S.Na.H2O/c1-21(2,16(31)19(32)24-4-3-12(29)23-5-6-48)8-41-47(38,39)44-46(36,37)40-7-11-15(43-45(33,34)35)14(30)20(42-11)28-10-27-13-17(22)25-9-26-18(13)28;;/h9-11,14-16,20,30-31,48H,3-8H2,1-2H3,(H,23,29)(H,24,32)(H,36,37)(H,38,39)(H2,22,25,26)(H2,33,34,35);;1H2/q;+1;/t11-,14-,15+,16+,20?;;/m1../s1. The molecule has 29 heteroatoms. The number of rotatable bonds is 18. The molecule has 3 rings (SSSR count). The van der Waals surface area contributed by atoms with Crippen molar-refractivity contribution in [1.29, 1.82) is 0 Å². The zero-order valence-electron chi connectivity index (χ0n) is 26.7. The van der Waals surface area contributed by atoms with Crippen molar-refractivity contribution in [2.24, 2.45) is 5.41 Å². The van der Waals surface area contributed by atoms with Crippen molar-refractivity contribution in [3.8, 4) is 0 Å². The number of carbonyl (C=O) groups excluding carboxylic acids is 2. The molecule has 1 aliphatic heterocycles. The number of amides is 2. The number of ether oxygens (including phenoxy) is 1. The number of nitrogens with zero attached hydrogens (tertiary/aromatic N) is 4. The minimum Gasteiger partial charge on any atom is -0.412 e. The molecule has 50 heavy (non-hydrogen) atoms. The van der Waals surface area contributed by atoms with Crippen molar-refractivity contribution >= 4 is 64.9 Å². The van der Waals surface area contributed by atoms with Gasteiger partial charge in [-0.2, -0.15) is 16.9 Å². The molecule has 7 atom stereocenters. The first-order valence-corrected chi connectivity index (χ1v) is 18.8. The number of aliphatic hydroxyl groups is 2. The number of phosphoric ester groups is 3. The van der Waals surface area contributed by atoms with Crippen LogP contribution in [0.5, 0.6) is 0 Å². The Balaban J connectivity index is 0.00000625. The molecule has 0 bridgehead atoms. The molecule has 3 heterocycles. The van der Waals surface area contributed by atoms with Crippen LogP contribution in [0, 0.1) is 5.41 Å². The van der Waals surface area contributed by atoms with E-state index in [0.29, 0.717) is 12.3 Å². The van der Waals surface area contributed by atoms with Gasteiger partial charge in [-0.05, 0) is 0 Å². The Morgan fingerprint density at radius 3 is 2.36 bits per heavy atom. The number of carbonyl (C=O) groups is 2. The SMILES string of the molecule is CC(C)(COP(=O)(O)OP(=O)(O)OC[C@H]1OC(n2cnc3c(N)ncnc32)[C@H](O)[C@H]1OP(=O)(O)O)[C@@H](O)C(=O)NCCC(=O)NCCS.O.[Na+]. The third kappa shape index (κ3) is 13.4. The first kappa shape index (κ1) is 46.9. The van der Waals surface area contributed by atoms with Crippen LogP contribution in [0.15, 0.2) is 12.7 Å². The van der Waals surface area contributed by atoms with E-state index in [2.05, 4.69) is 47.0 Å². The van der Waals surface area contributed by atoms with E-state index in [1.54, 1.807) is 0 Å². The van der Waals surface area contributed by atoms with Crippen LogP contribution in [0.25, 0.3) is 11.2 Å². The summed E-state index contributed by atoms with van der Waals surface area (Å²) in [5.74, 6) is -0.943. The molecular formula is C21H38N7NaO17P3S+. The van der Waals surface area contributed by atoms with Gasteiger partial charge in [-0.25, -0.2) is 28.6 Å².